The van der Waals surface area contributed by atoms with E-state index in [2.05, 4.69) is 25.8 Å². The number of hydrogen-bond acceptors (Lipinski definition) is 6. The van der Waals surface area contributed by atoms with Crippen molar-refractivity contribution in [2.24, 2.45) is 0 Å². The molecule has 156 valence electrons. The van der Waals surface area contributed by atoms with Crippen molar-refractivity contribution in [3.8, 4) is 0 Å². The third-order valence-electron chi connectivity index (χ3n) is 3.67. The fourth-order valence-corrected chi connectivity index (χ4v) is 2.97. The van der Waals surface area contributed by atoms with Gasteiger partial charge in [0.2, 0.25) is 17.0 Å². The molecule has 8 nitrogen and oxygen atoms in total. The summed E-state index contributed by atoms with van der Waals surface area (Å²) in [5.41, 5.74) is 5.06. The number of aromatic nitrogens is 3. The quantitative estimate of drug-likeness (QED) is 0.439. The van der Waals surface area contributed by atoms with E-state index in [-0.39, 0.29) is 28.9 Å². The molecular weight excluding hydrogens is 421 g/mol. The van der Waals surface area contributed by atoms with Crippen LogP contribution in [0.1, 0.15) is 15.9 Å². The first-order valence-corrected chi connectivity index (χ1v) is 9.38. The average Bonchev–Trinajstić information content (AvgIpc) is 3.11. The van der Waals surface area contributed by atoms with Crippen molar-refractivity contribution in [3.63, 3.8) is 0 Å². The number of carbonyl (C=O) groups excluding carboxylic acids is 2. The minimum Gasteiger partial charge on any atom is -0.368 e. The molecule has 1 heterocycles. The molecule has 2 aromatic carbocycles. The van der Waals surface area contributed by atoms with E-state index in [0.717, 1.165) is 23.9 Å². The van der Waals surface area contributed by atoms with Crippen molar-refractivity contribution in [2.75, 3.05) is 22.1 Å². The molecule has 0 unspecified atom stereocenters. The number of nitrogens with one attached hydrogen (secondary N) is 3. The molecule has 0 aliphatic heterocycles. The van der Waals surface area contributed by atoms with Crippen LogP contribution in [-0.2, 0) is 11.0 Å². The van der Waals surface area contributed by atoms with Crippen LogP contribution in [0.3, 0.4) is 0 Å². The molecule has 0 saturated carbocycles. The molecule has 30 heavy (non-hydrogen) atoms. The molecule has 0 spiro atoms. The molecule has 3 aromatic rings. The first-order chi connectivity index (χ1) is 14.2. The van der Waals surface area contributed by atoms with Gasteiger partial charge in [-0.2, -0.15) is 18.2 Å². The van der Waals surface area contributed by atoms with Gasteiger partial charge in [0.25, 0.3) is 5.91 Å². The number of anilines is 3. The van der Waals surface area contributed by atoms with E-state index in [9.17, 15) is 22.8 Å². The van der Waals surface area contributed by atoms with E-state index >= 15 is 0 Å². The largest absolute Gasteiger partial charge is 0.416 e. The van der Waals surface area contributed by atoms with Gasteiger partial charge in [-0.1, -0.05) is 23.9 Å². The van der Waals surface area contributed by atoms with Gasteiger partial charge < -0.3 is 16.4 Å². The lowest BCUT2D eigenvalue weighted by Crippen LogP contribution is -2.16. The number of halogens is 3. The molecule has 3 rings (SSSR count). The zero-order chi connectivity index (χ0) is 21.7. The lowest BCUT2D eigenvalue weighted by atomic mass is 10.1. The standard InChI is InChI=1S/C18H15F3N6O2S/c19-18(20,21)11-4-2-6-13(8-11)24-15(29)10-3-1-5-12(7-10)23-14(28)9-30-17-25-16(22)26-27-17/h1-8H,9H2,(H,23,28)(H,24,29)(H3,22,25,26,27). The predicted molar refractivity (Wildman–Crippen MR) is 106 cm³/mol. The van der Waals surface area contributed by atoms with Crippen molar-refractivity contribution in [1.82, 2.24) is 15.2 Å². The summed E-state index contributed by atoms with van der Waals surface area (Å²) in [6.07, 6.45) is -4.51. The fourth-order valence-electron chi connectivity index (χ4n) is 2.36. The molecule has 0 aliphatic rings. The first-order valence-electron chi connectivity index (χ1n) is 8.40. The van der Waals surface area contributed by atoms with Crippen LogP contribution in [-0.4, -0.2) is 32.7 Å². The van der Waals surface area contributed by atoms with Gasteiger partial charge in [0, 0.05) is 16.9 Å². The molecule has 12 heteroatoms. The number of amides is 2. The fraction of sp³-hybridized carbons (Fsp3) is 0.111. The number of nitrogens with two attached hydrogens (primary N) is 1. The summed E-state index contributed by atoms with van der Waals surface area (Å²) in [7, 11) is 0. The van der Waals surface area contributed by atoms with E-state index in [1.165, 1.54) is 24.3 Å². The predicted octanol–water partition coefficient (Wildman–Crippen LogP) is 3.39. The number of thioether (sulfide) groups is 1. The number of nitrogens with zero attached hydrogens (tertiary/aromatic N) is 2. The van der Waals surface area contributed by atoms with Crippen LogP contribution >= 0.6 is 11.8 Å². The minimum atomic E-state index is -4.51. The maximum Gasteiger partial charge on any atom is 0.416 e. The summed E-state index contributed by atoms with van der Waals surface area (Å²) in [5, 5.41) is 11.6. The highest BCUT2D eigenvalue weighted by Crippen LogP contribution is 2.30. The number of nitrogen functional groups attached to an aromatic ring is 1. The van der Waals surface area contributed by atoms with Crippen molar-refractivity contribution >= 4 is 40.9 Å². The van der Waals surface area contributed by atoms with Gasteiger partial charge in [-0.3, -0.25) is 9.59 Å². The molecular formula is C18H15F3N6O2S. The summed E-state index contributed by atoms with van der Waals surface area (Å²) in [5.74, 6) is -0.829. The van der Waals surface area contributed by atoms with Crippen LogP contribution in [0.5, 0.6) is 0 Å². The smallest absolute Gasteiger partial charge is 0.368 e. The third kappa shape index (κ3) is 5.73. The summed E-state index contributed by atoms with van der Waals surface area (Å²) >= 11 is 1.07. The minimum absolute atomic E-state index is 0.00596. The number of H-pyrrole nitrogens is 1. The highest BCUT2D eigenvalue weighted by molar-refractivity contribution is 7.99. The molecule has 0 saturated heterocycles. The van der Waals surface area contributed by atoms with Gasteiger partial charge in [-0.15, -0.1) is 5.10 Å². The van der Waals surface area contributed by atoms with Crippen LogP contribution in [0, 0.1) is 0 Å². The molecule has 0 radical (unpaired) electrons. The lowest BCUT2D eigenvalue weighted by molar-refractivity contribution is -0.137. The Bertz CT molecular complexity index is 1070. The second-order valence-corrected chi connectivity index (χ2v) is 6.90. The number of carbonyl (C=O) groups is 2. The van der Waals surface area contributed by atoms with Gasteiger partial charge in [0.1, 0.15) is 0 Å². The van der Waals surface area contributed by atoms with E-state index in [1.807, 2.05) is 0 Å². The Labute approximate surface area is 172 Å². The number of alkyl halides is 3. The third-order valence-corrected chi connectivity index (χ3v) is 4.52. The van der Waals surface area contributed by atoms with Gasteiger partial charge in [0.05, 0.1) is 11.3 Å². The number of benzene rings is 2. The summed E-state index contributed by atoms with van der Waals surface area (Å²) in [6, 6.07) is 10.3. The van der Waals surface area contributed by atoms with Crippen LogP contribution in [0.25, 0.3) is 0 Å². The number of hydrogen-bond donors (Lipinski definition) is 4. The van der Waals surface area contributed by atoms with Gasteiger partial charge in [0.15, 0.2) is 0 Å². The van der Waals surface area contributed by atoms with E-state index < -0.39 is 17.6 Å². The molecule has 0 bridgehead atoms. The second kappa shape index (κ2) is 8.86. The second-order valence-electron chi connectivity index (χ2n) is 5.95. The summed E-state index contributed by atoms with van der Waals surface area (Å²) in [4.78, 5) is 28.3. The highest BCUT2D eigenvalue weighted by Gasteiger charge is 2.30. The Hall–Kier alpha value is -3.54. The topological polar surface area (TPSA) is 126 Å². The van der Waals surface area contributed by atoms with Crippen LogP contribution < -0.4 is 16.4 Å². The van der Waals surface area contributed by atoms with Gasteiger partial charge >= 0.3 is 6.18 Å². The van der Waals surface area contributed by atoms with E-state index in [4.69, 9.17) is 5.73 Å². The zero-order valence-electron chi connectivity index (χ0n) is 15.2. The Morgan fingerprint density at radius 1 is 1.07 bits per heavy atom. The highest BCUT2D eigenvalue weighted by atomic mass is 32.2. The average molecular weight is 436 g/mol. The Morgan fingerprint density at radius 3 is 2.43 bits per heavy atom. The van der Waals surface area contributed by atoms with Crippen LogP contribution in [0.2, 0.25) is 0 Å². The SMILES string of the molecule is Nc1nc(SCC(=O)Nc2cccc(C(=O)Nc3cccc(C(F)(F)F)c3)c2)n[nH]1. The molecule has 2 amide bonds. The lowest BCUT2D eigenvalue weighted by Gasteiger charge is -2.11. The molecule has 0 aliphatic carbocycles. The first kappa shape index (κ1) is 21.2. The van der Waals surface area contributed by atoms with Crippen LogP contribution in [0.4, 0.5) is 30.5 Å². The van der Waals surface area contributed by atoms with Crippen molar-refractivity contribution < 1.29 is 22.8 Å². The number of aromatic amines is 1. The maximum atomic E-state index is 12.8. The summed E-state index contributed by atoms with van der Waals surface area (Å²) in [6.45, 7) is 0. The molecule has 0 atom stereocenters. The van der Waals surface area contributed by atoms with Gasteiger partial charge in [-0.25, -0.2) is 5.10 Å². The van der Waals surface area contributed by atoms with Crippen molar-refractivity contribution in [2.45, 2.75) is 11.3 Å². The van der Waals surface area contributed by atoms with Crippen LogP contribution in [0.15, 0.2) is 53.7 Å². The Balaban J connectivity index is 1.61. The van der Waals surface area contributed by atoms with E-state index in [1.54, 1.807) is 12.1 Å². The monoisotopic (exact) mass is 436 g/mol. The zero-order valence-corrected chi connectivity index (χ0v) is 16.0. The van der Waals surface area contributed by atoms with Crippen molar-refractivity contribution in [1.29, 1.82) is 0 Å². The number of rotatable bonds is 6. The van der Waals surface area contributed by atoms with Gasteiger partial charge in [-0.05, 0) is 36.4 Å². The van der Waals surface area contributed by atoms with Crippen molar-refractivity contribution in [3.05, 3.63) is 59.7 Å². The molecule has 1 aromatic heterocycles. The normalized spacial score (nSPS) is 11.2. The molecule has 5 N–H and O–H groups in total. The maximum absolute atomic E-state index is 12.8. The Morgan fingerprint density at radius 2 is 1.77 bits per heavy atom. The van der Waals surface area contributed by atoms with E-state index in [0.29, 0.717) is 10.8 Å². The summed E-state index contributed by atoms with van der Waals surface area (Å²) < 4.78 is 38.4. The molecule has 0 fully saturated rings. The Kier molecular flexibility index (Phi) is 6.26.